The number of nitrogens with zero attached hydrogens (tertiary/aromatic N) is 19. The van der Waals surface area contributed by atoms with Gasteiger partial charge >= 0.3 is 24.7 Å². The molecule has 9 aliphatic rings. The first-order valence-corrected chi connectivity index (χ1v) is 46.7. The Balaban J connectivity index is 0.000000116. The van der Waals surface area contributed by atoms with Gasteiger partial charge in [0, 0.05) is 163 Å². The maximum Gasteiger partial charge on any atom is 0.393 e. The summed E-state index contributed by atoms with van der Waals surface area (Å²) in [6.07, 6.45) is -4.90. The van der Waals surface area contributed by atoms with Crippen LogP contribution in [0, 0.1) is 68.5 Å². The molecule has 4 spiro atoms. The highest BCUT2D eigenvalue weighted by atomic mass is 32.1. The zero-order valence-electron chi connectivity index (χ0n) is 70.9. The minimum atomic E-state index is -4.23. The topological polar surface area (TPSA) is 225 Å². The second kappa shape index (κ2) is 36.3. The van der Waals surface area contributed by atoms with E-state index in [-0.39, 0.29) is 36.3 Å². The van der Waals surface area contributed by atoms with Crippen molar-refractivity contribution in [1.82, 2.24) is 64.5 Å². The van der Waals surface area contributed by atoms with E-state index in [1.807, 2.05) is 48.5 Å². The third-order valence-electron chi connectivity index (χ3n) is 27.1. The Morgan fingerprint density at radius 3 is 1.16 bits per heavy atom. The molecule has 0 saturated carbocycles. The number of nitriles is 3. The van der Waals surface area contributed by atoms with Gasteiger partial charge in [-0.2, -0.15) is 68.5 Å². The number of anilines is 4. The summed E-state index contributed by atoms with van der Waals surface area (Å²) in [5.41, 5.74) is 8.48. The number of likely N-dealkylation sites (tertiary alicyclic amines) is 4. The Bertz CT molecular complexity index is 6200. The molecule has 0 aliphatic carbocycles. The number of benzene rings is 3. The summed E-state index contributed by atoms with van der Waals surface area (Å²) in [5.74, 6) is 3.70. The van der Waals surface area contributed by atoms with Crippen LogP contribution in [-0.2, 0) is 50.1 Å². The van der Waals surface area contributed by atoms with Gasteiger partial charge in [0.05, 0.1) is 77.1 Å². The zero-order chi connectivity index (χ0) is 89.8. The molecule has 21 nitrogen and oxygen atoms in total. The molecule has 4 unspecified atom stereocenters. The molecule has 9 aromatic heterocycles. The summed E-state index contributed by atoms with van der Waals surface area (Å²) >= 11 is 4.42. The number of halogens is 12. The number of alkyl halides is 12. The number of rotatable bonds is 16. The summed E-state index contributed by atoms with van der Waals surface area (Å²) in [4.78, 5) is 60.4. The van der Waals surface area contributed by atoms with Crippen LogP contribution in [-0.4, -0.2) is 214 Å². The molecule has 676 valence electrons. The van der Waals surface area contributed by atoms with Crippen LogP contribution < -0.4 is 19.6 Å². The van der Waals surface area contributed by atoms with Crippen molar-refractivity contribution in [1.29, 1.82) is 15.8 Å². The Hall–Kier alpha value is -10.0. The van der Waals surface area contributed by atoms with Crippen molar-refractivity contribution in [2.45, 2.75) is 135 Å². The van der Waals surface area contributed by atoms with E-state index < -0.39 is 50.4 Å². The second-order valence-corrected chi connectivity index (χ2v) is 41.2. The number of thiophene rings is 4. The average molecular weight is 1850 g/mol. The first-order chi connectivity index (χ1) is 61.8. The second-order valence-electron chi connectivity index (χ2n) is 36.7. The highest BCUT2D eigenvalue weighted by Gasteiger charge is 2.49. The highest BCUT2D eigenvalue weighted by molar-refractivity contribution is 7.19. The van der Waals surface area contributed by atoms with E-state index in [9.17, 15) is 57.9 Å². The molecule has 9 saturated heterocycles. The smallest absolute Gasteiger partial charge is 0.381 e. The molecule has 1 N–H and O–H groups in total. The van der Waals surface area contributed by atoms with Crippen molar-refractivity contribution in [3.63, 3.8) is 0 Å². The molecule has 12 aromatic rings. The quantitative estimate of drug-likeness (QED) is 0.0887. The van der Waals surface area contributed by atoms with E-state index in [2.05, 4.69) is 127 Å². The van der Waals surface area contributed by atoms with E-state index in [0.717, 1.165) is 302 Å². The van der Waals surface area contributed by atoms with Crippen LogP contribution in [0.3, 0.4) is 0 Å². The number of hydrogen-bond donors (Lipinski definition) is 1. The lowest BCUT2D eigenvalue weighted by atomic mass is 9.86. The summed E-state index contributed by atoms with van der Waals surface area (Å²) in [6, 6.07) is 34.6. The summed E-state index contributed by atoms with van der Waals surface area (Å²) < 4.78 is 160. The first kappa shape index (κ1) is 89.6. The monoisotopic (exact) mass is 1850 g/mol. The van der Waals surface area contributed by atoms with Gasteiger partial charge in [0.15, 0.2) is 0 Å². The minimum absolute atomic E-state index is 0.155. The number of aromatic amines is 1. The molecule has 18 heterocycles. The van der Waals surface area contributed by atoms with Gasteiger partial charge in [-0.15, -0.1) is 45.3 Å². The fourth-order valence-electron chi connectivity index (χ4n) is 21.1. The lowest BCUT2D eigenvalue weighted by molar-refractivity contribution is -0.127. The van der Waals surface area contributed by atoms with Crippen LogP contribution in [0.2, 0.25) is 0 Å². The van der Waals surface area contributed by atoms with Gasteiger partial charge in [-0.1, -0.05) is 30.3 Å². The third-order valence-corrected chi connectivity index (χ3v) is 31.3. The van der Waals surface area contributed by atoms with E-state index in [1.54, 1.807) is 24.3 Å². The normalized spacial score (nSPS) is 22.9. The van der Waals surface area contributed by atoms with Crippen LogP contribution >= 0.6 is 45.3 Å². The maximum absolute atomic E-state index is 12.9. The number of hydrogen-bond acceptors (Lipinski definition) is 24. The van der Waals surface area contributed by atoms with Crippen molar-refractivity contribution < 1.29 is 57.4 Å². The van der Waals surface area contributed by atoms with Crippen molar-refractivity contribution in [3.05, 3.63) is 175 Å². The molecule has 21 rings (SSSR count). The van der Waals surface area contributed by atoms with E-state index in [0.29, 0.717) is 46.9 Å². The van der Waals surface area contributed by atoms with E-state index in [1.165, 1.54) is 48.4 Å². The molecule has 5 atom stereocenters. The summed E-state index contributed by atoms with van der Waals surface area (Å²) in [6.45, 7) is 22.6. The average Bonchev–Trinajstić information content (AvgIpc) is 1.63. The van der Waals surface area contributed by atoms with Crippen LogP contribution in [0.4, 0.5) is 76.0 Å². The van der Waals surface area contributed by atoms with Gasteiger partial charge in [0.25, 0.3) is 0 Å². The maximum atomic E-state index is 12.9. The molecule has 0 amide bonds. The minimum Gasteiger partial charge on any atom is -0.381 e. The van der Waals surface area contributed by atoms with Crippen LogP contribution in [0.15, 0.2) is 116 Å². The molecule has 37 heteroatoms. The van der Waals surface area contributed by atoms with Gasteiger partial charge in [-0.05, 0) is 180 Å². The van der Waals surface area contributed by atoms with Crippen molar-refractivity contribution in [2.24, 2.45) is 27.6 Å². The fourth-order valence-corrected chi connectivity index (χ4v) is 25.2. The molecule has 9 aliphatic heterocycles. The van der Waals surface area contributed by atoms with Gasteiger partial charge in [0.1, 0.15) is 79.7 Å². The molecule has 0 radical (unpaired) electrons. The van der Waals surface area contributed by atoms with Crippen LogP contribution in [0.5, 0.6) is 0 Å². The molecule has 3 aromatic carbocycles. The number of aromatic nitrogens is 9. The Kier molecular flexibility index (Phi) is 25.2. The third kappa shape index (κ3) is 20.8. The number of fused-ring (bicyclic) bond motifs is 5. The van der Waals surface area contributed by atoms with Gasteiger partial charge in [-0.3, -0.25) is 14.7 Å². The van der Waals surface area contributed by atoms with Crippen LogP contribution in [0.25, 0.3) is 51.8 Å². The zero-order valence-corrected chi connectivity index (χ0v) is 74.1. The SMILES string of the molecule is Cc1c(CN2CC[C@@]3(CCN(c4ncnc5sc(CC(F)(F)F)cc45)C3)C2)ccc2[nH]c(C#N)cc12.FC(F)(F)Cc1cc2c(N3CCC4(CCN(CC5CCOC5)C4)C3)ncnc2s1.N#Cc1ccc(CN2CCC3(CCN(c4ncnc5sc(CC(F)(F)F)cc45)C3)C2)cc1.N#Cc1cccc(CN2CCC3(CCN(c4ncnc5sc(CC(F)(F)F)cc45)C3)C2)c1. The molecule has 129 heavy (non-hydrogen) atoms. The first-order valence-electron chi connectivity index (χ1n) is 43.4. The van der Waals surface area contributed by atoms with Gasteiger partial charge in [-0.25, -0.2) is 39.9 Å². The van der Waals surface area contributed by atoms with Crippen molar-refractivity contribution >= 4 is 120 Å². The van der Waals surface area contributed by atoms with Gasteiger partial charge in [0.2, 0.25) is 0 Å². The van der Waals surface area contributed by atoms with Crippen molar-refractivity contribution in [3.8, 4) is 18.2 Å². The van der Waals surface area contributed by atoms with E-state index >= 15 is 0 Å². The predicted octanol–water partition coefficient (Wildman–Crippen LogP) is 18.8. The molecular weight excluding hydrogens is 1760 g/mol. The van der Waals surface area contributed by atoms with Crippen LogP contribution in [0.1, 0.15) is 116 Å². The lowest BCUT2D eigenvalue weighted by Crippen LogP contribution is -2.33. The number of H-pyrrole nitrogens is 1. The Labute approximate surface area is 753 Å². The van der Waals surface area contributed by atoms with Gasteiger partial charge < -0.3 is 34.2 Å². The largest absolute Gasteiger partial charge is 0.393 e. The number of nitrogens with one attached hydrogen (secondary N) is 1. The Morgan fingerprint density at radius 1 is 0.403 bits per heavy atom. The molecule has 0 bridgehead atoms. The molecule has 9 fully saturated rings. The summed E-state index contributed by atoms with van der Waals surface area (Å²) in [5, 5.41) is 31.3. The summed E-state index contributed by atoms with van der Waals surface area (Å²) in [7, 11) is 0. The highest BCUT2D eigenvalue weighted by Crippen LogP contribution is 2.50. The molecular formula is C92H94F12N20OS4. The lowest BCUT2D eigenvalue weighted by Gasteiger charge is -2.26. The fraction of sp³-hybridized carbons (Fsp3) is 0.489. The number of ether oxygens (including phenoxy) is 1. The van der Waals surface area contributed by atoms with Crippen molar-refractivity contribution in [2.75, 3.05) is 144 Å². The number of aryl methyl sites for hydroxylation is 1. The Morgan fingerprint density at radius 2 is 0.783 bits per heavy atom. The standard InChI is InChI=1S/C26H25F3N6S.2C23H22F3N5S.C20H25F3N4OS/c1-16-17(2-3-22-20(16)8-18(11-30)33-22)12-34-6-4-25(13-34)5-7-35(14-25)23-21-9-19(10-26(27,28)29)36-24(21)32-15-31-23;24-23(25,26)10-18-9-19-20(28-15-29-21(19)32-18)31-8-6-22(14-31)5-7-30(13-22)12-17-3-1-16(11-27)2-4-17;24-23(25,26)10-18-9-19-20(28-15-29-21(19)32-18)31-7-5-22(14-31)4-6-30(13-22)12-17-3-1-2-16(8-17)11-27;21-20(22,23)8-15-7-16-17(24-13-25-18(16)29-15)27-5-3-19(12-27)2-4-26(11-19)9-14-1-6-28-10-14/h2-3,8-9,15,33H,4-7,10,12-14H2,1H3;1-4,9,15H,5-8,10,12-14H2;1-3,8-9,15H,4-7,10,12-14H2;7,13-14H,1-6,8-12H2/t25-;;;/m1.../s1. The van der Waals surface area contributed by atoms with E-state index in [4.69, 9.17) is 15.3 Å². The predicted molar refractivity (Wildman–Crippen MR) is 475 cm³/mol.